The number of ether oxygens (including phenoxy) is 1. The second-order valence-electron chi connectivity index (χ2n) is 5.70. The molecular weight excluding hydrogens is 308 g/mol. The van der Waals surface area contributed by atoms with Crippen LogP contribution in [0.3, 0.4) is 0 Å². The Balaban J connectivity index is 1.73. The number of nitrogen functional groups attached to an aromatic ring is 1. The van der Waals surface area contributed by atoms with Crippen LogP contribution < -0.4 is 10.5 Å². The standard InChI is InChI=1S/C16H16N6O2/c1-10(23)21-7-11(8-21)22-15-13(14(17)18-9-19-15)16(20-22)24-12-5-3-2-4-6-12/h2-6,9,11H,7-8H2,1H3,(H2,17,18,19). The molecule has 0 aliphatic carbocycles. The number of hydrogen-bond donors (Lipinski definition) is 1. The summed E-state index contributed by atoms with van der Waals surface area (Å²) in [6.45, 7) is 2.75. The van der Waals surface area contributed by atoms with Gasteiger partial charge in [-0.05, 0) is 12.1 Å². The first kappa shape index (κ1) is 14.4. The molecule has 1 aliphatic rings. The summed E-state index contributed by atoms with van der Waals surface area (Å²) in [5.41, 5.74) is 6.62. The van der Waals surface area contributed by atoms with Gasteiger partial charge >= 0.3 is 0 Å². The maximum Gasteiger partial charge on any atom is 0.251 e. The highest BCUT2D eigenvalue weighted by Crippen LogP contribution is 2.34. The Morgan fingerprint density at radius 3 is 2.71 bits per heavy atom. The molecule has 1 amide bonds. The molecule has 3 heterocycles. The fourth-order valence-electron chi connectivity index (χ4n) is 2.76. The number of amides is 1. The van der Waals surface area contributed by atoms with E-state index in [1.807, 2.05) is 30.3 Å². The molecule has 1 aliphatic heterocycles. The summed E-state index contributed by atoms with van der Waals surface area (Å²) in [6.07, 6.45) is 1.41. The molecule has 0 unspecified atom stereocenters. The third-order valence-electron chi connectivity index (χ3n) is 4.10. The van der Waals surface area contributed by atoms with Gasteiger partial charge < -0.3 is 15.4 Å². The quantitative estimate of drug-likeness (QED) is 0.785. The summed E-state index contributed by atoms with van der Waals surface area (Å²) in [7, 11) is 0. The lowest BCUT2D eigenvalue weighted by atomic mass is 10.1. The van der Waals surface area contributed by atoms with Gasteiger partial charge in [0, 0.05) is 20.0 Å². The largest absolute Gasteiger partial charge is 0.437 e. The zero-order valence-electron chi connectivity index (χ0n) is 13.1. The van der Waals surface area contributed by atoms with Crippen molar-refractivity contribution in [2.24, 2.45) is 0 Å². The Hall–Kier alpha value is -3.16. The predicted molar refractivity (Wildman–Crippen MR) is 87.5 cm³/mol. The van der Waals surface area contributed by atoms with Crippen LogP contribution in [-0.4, -0.2) is 43.6 Å². The number of hydrogen-bond acceptors (Lipinski definition) is 6. The second-order valence-corrected chi connectivity index (χ2v) is 5.70. The molecule has 8 heteroatoms. The van der Waals surface area contributed by atoms with Crippen LogP contribution in [0.2, 0.25) is 0 Å². The van der Waals surface area contributed by atoms with Crippen LogP contribution in [-0.2, 0) is 4.79 Å². The van der Waals surface area contributed by atoms with E-state index in [0.717, 1.165) is 0 Å². The Kier molecular flexibility index (Phi) is 3.30. The number of carbonyl (C=O) groups excluding carboxylic acids is 1. The van der Waals surface area contributed by atoms with E-state index < -0.39 is 0 Å². The average Bonchev–Trinajstić information content (AvgIpc) is 2.86. The van der Waals surface area contributed by atoms with Crippen LogP contribution in [0, 0.1) is 0 Å². The van der Waals surface area contributed by atoms with Gasteiger partial charge in [0.15, 0.2) is 5.65 Å². The number of rotatable bonds is 3. The van der Waals surface area contributed by atoms with Crippen molar-refractivity contribution in [3.05, 3.63) is 36.7 Å². The minimum absolute atomic E-state index is 0.0533. The lowest BCUT2D eigenvalue weighted by Gasteiger charge is -2.38. The van der Waals surface area contributed by atoms with Gasteiger partial charge in [-0.3, -0.25) is 4.79 Å². The maximum atomic E-state index is 11.4. The second kappa shape index (κ2) is 5.48. The predicted octanol–water partition coefficient (Wildman–Crippen LogP) is 1.60. The van der Waals surface area contributed by atoms with Crippen LogP contribution in [0.4, 0.5) is 5.82 Å². The van der Waals surface area contributed by atoms with E-state index in [2.05, 4.69) is 15.1 Å². The monoisotopic (exact) mass is 324 g/mol. The third-order valence-corrected chi connectivity index (χ3v) is 4.10. The van der Waals surface area contributed by atoms with Gasteiger partial charge in [0.2, 0.25) is 5.91 Å². The number of aromatic nitrogens is 4. The first-order valence-electron chi connectivity index (χ1n) is 7.60. The van der Waals surface area contributed by atoms with E-state index in [4.69, 9.17) is 10.5 Å². The van der Waals surface area contributed by atoms with Crippen molar-refractivity contribution < 1.29 is 9.53 Å². The third kappa shape index (κ3) is 2.32. The molecule has 0 radical (unpaired) electrons. The lowest BCUT2D eigenvalue weighted by molar-refractivity contribution is -0.134. The first-order valence-corrected chi connectivity index (χ1v) is 7.60. The molecular formula is C16H16N6O2. The van der Waals surface area contributed by atoms with Crippen LogP contribution >= 0.6 is 0 Å². The van der Waals surface area contributed by atoms with E-state index in [0.29, 0.717) is 41.6 Å². The van der Waals surface area contributed by atoms with Crippen LogP contribution in [0.5, 0.6) is 11.6 Å². The molecule has 0 bridgehead atoms. The number of nitrogens with two attached hydrogens (primary N) is 1. The number of fused-ring (bicyclic) bond motifs is 1. The van der Waals surface area contributed by atoms with Crippen LogP contribution in [0.1, 0.15) is 13.0 Å². The fourth-order valence-corrected chi connectivity index (χ4v) is 2.76. The van der Waals surface area contributed by atoms with Gasteiger partial charge in [0.1, 0.15) is 23.3 Å². The van der Waals surface area contributed by atoms with Crippen molar-refractivity contribution in [1.82, 2.24) is 24.6 Å². The van der Waals surface area contributed by atoms with Gasteiger partial charge in [-0.15, -0.1) is 5.10 Å². The zero-order valence-corrected chi connectivity index (χ0v) is 13.1. The lowest BCUT2D eigenvalue weighted by Crippen LogP contribution is -2.50. The normalized spacial score (nSPS) is 14.6. The first-order chi connectivity index (χ1) is 11.6. The van der Waals surface area contributed by atoms with Gasteiger partial charge in [-0.25, -0.2) is 14.6 Å². The van der Waals surface area contributed by atoms with Crippen LogP contribution in [0.25, 0.3) is 11.0 Å². The van der Waals surface area contributed by atoms with Crippen molar-refractivity contribution >= 4 is 22.8 Å². The van der Waals surface area contributed by atoms with Crippen molar-refractivity contribution in [2.75, 3.05) is 18.8 Å². The Morgan fingerprint density at radius 1 is 1.25 bits per heavy atom. The molecule has 2 N–H and O–H groups in total. The number of nitrogens with zero attached hydrogens (tertiary/aromatic N) is 5. The highest BCUT2D eigenvalue weighted by atomic mass is 16.5. The highest BCUT2D eigenvalue weighted by Gasteiger charge is 2.33. The Labute approximate surface area is 137 Å². The minimum Gasteiger partial charge on any atom is -0.437 e. The van der Waals surface area contributed by atoms with E-state index in [-0.39, 0.29) is 11.9 Å². The van der Waals surface area contributed by atoms with Crippen molar-refractivity contribution in [3.63, 3.8) is 0 Å². The summed E-state index contributed by atoms with van der Waals surface area (Å²) in [5.74, 6) is 1.40. The molecule has 8 nitrogen and oxygen atoms in total. The smallest absolute Gasteiger partial charge is 0.251 e. The molecule has 0 saturated carbocycles. The van der Waals surface area contributed by atoms with E-state index >= 15 is 0 Å². The molecule has 3 aromatic rings. The molecule has 2 aromatic heterocycles. The molecule has 0 spiro atoms. The SMILES string of the molecule is CC(=O)N1CC(n2nc(Oc3ccccc3)c3c(N)ncnc32)C1. The Morgan fingerprint density at radius 2 is 2.00 bits per heavy atom. The summed E-state index contributed by atoms with van der Waals surface area (Å²) in [4.78, 5) is 21.5. The number of anilines is 1. The summed E-state index contributed by atoms with van der Waals surface area (Å²) in [5, 5.41) is 5.12. The molecule has 1 fully saturated rings. The molecule has 1 saturated heterocycles. The van der Waals surface area contributed by atoms with E-state index in [1.165, 1.54) is 6.33 Å². The zero-order chi connectivity index (χ0) is 16.7. The topological polar surface area (TPSA) is 99.2 Å². The Bertz CT molecular complexity index is 902. The number of para-hydroxylation sites is 1. The van der Waals surface area contributed by atoms with Gasteiger partial charge in [0.25, 0.3) is 5.88 Å². The highest BCUT2D eigenvalue weighted by molar-refractivity contribution is 5.91. The van der Waals surface area contributed by atoms with Crippen molar-refractivity contribution in [3.8, 4) is 11.6 Å². The van der Waals surface area contributed by atoms with Gasteiger partial charge in [-0.2, -0.15) is 0 Å². The van der Waals surface area contributed by atoms with Crippen molar-refractivity contribution in [2.45, 2.75) is 13.0 Å². The summed E-state index contributed by atoms with van der Waals surface area (Å²) >= 11 is 0. The molecule has 24 heavy (non-hydrogen) atoms. The van der Waals surface area contributed by atoms with E-state index in [1.54, 1.807) is 16.5 Å². The molecule has 1 aromatic carbocycles. The fraction of sp³-hybridized carbons (Fsp3) is 0.250. The van der Waals surface area contributed by atoms with Gasteiger partial charge in [-0.1, -0.05) is 18.2 Å². The van der Waals surface area contributed by atoms with Crippen molar-refractivity contribution in [1.29, 1.82) is 0 Å². The average molecular weight is 324 g/mol. The summed E-state index contributed by atoms with van der Waals surface area (Å²) < 4.78 is 7.64. The maximum absolute atomic E-state index is 11.4. The number of benzene rings is 1. The molecule has 122 valence electrons. The number of likely N-dealkylation sites (tertiary alicyclic amines) is 1. The molecule has 4 rings (SSSR count). The minimum atomic E-state index is 0.0533. The number of carbonyl (C=O) groups is 1. The van der Waals surface area contributed by atoms with E-state index in [9.17, 15) is 4.79 Å². The summed E-state index contributed by atoms with van der Waals surface area (Å²) in [6, 6.07) is 9.40. The van der Waals surface area contributed by atoms with Gasteiger partial charge in [0.05, 0.1) is 6.04 Å². The van der Waals surface area contributed by atoms with Crippen LogP contribution in [0.15, 0.2) is 36.7 Å². The molecule has 0 atom stereocenters.